The van der Waals surface area contributed by atoms with Crippen LogP contribution in [0, 0.1) is 0 Å². The number of hydrogen-bond acceptors (Lipinski definition) is 3. The average Bonchev–Trinajstić information content (AvgIpc) is 2.01. The molecule has 0 aromatic carbocycles. The number of carbonyl (C=O) groups is 1. The van der Waals surface area contributed by atoms with Crippen LogP contribution in [0.1, 0.15) is 0 Å². The second kappa shape index (κ2) is 3.56. The Morgan fingerprint density at radius 3 is 2.18 bits per heavy atom. The Bertz CT molecular complexity index is 148. The minimum Gasteiger partial charge on any atom is -0.467 e. The van der Waals surface area contributed by atoms with E-state index < -0.39 is 18.2 Å². The summed E-state index contributed by atoms with van der Waals surface area (Å²) in [6, 6.07) is 0. The summed E-state index contributed by atoms with van der Waals surface area (Å²) >= 11 is 0. The van der Waals surface area contributed by atoms with Crippen LogP contribution in [0.15, 0.2) is 0 Å². The molecule has 11 heavy (non-hydrogen) atoms. The predicted octanol–water partition coefficient (Wildman–Crippen LogP) is 0.737. The summed E-state index contributed by atoms with van der Waals surface area (Å²) in [5, 5.41) is 0. The molecule has 1 atom stereocenters. The van der Waals surface area contributed by atoms with Gasteiger partial charge >= 0.3 is 12.1 Å². The molecular weight excluding hydrogens is 165 g/mol. The van der Waals surface area contributed by atoms with Gasteiger partial charge in [-0.3, -0.25) is 0 Å². The van der Waals surface area contributed by atoms with Gasteiger partial charge in [-0.15, -0.1) is 0 Å². The van der Waals surface area contributed by atoms with Gasteiger partial charge in [-0.25, -0.2) is 9.18 Å². The summed E-state index contributed by atoms with van der Waals surface area (Å²) in [6.07, 6.45) is -7.19. The zero-order valence-corrected chi connectivity index (χ0v) is 5.94. The molecule has 0 aliphatic rings. The Labute approximate surface area is 61.1 Å². The van der Waals surface area contributed by atoms with Gasteiger partial charge in [0.25, 0.3) is 6.17 Å². The van der Waals surface area contributed by atoms with E-state index in [4.69, 9.17) is 0 Å². The van der Waals surface area contributed by atoms with Crippen molar-refractivity contribution >= 4 is 5.97 Å². The van der Waals surface area contributed by atoms with E-state index in [1.807, 2.05) is 0 Å². The first-order valence-corrected chi connectivity index (χ1v) is 2.60. The van der Waals surface area contributed by atoms with Crippen LogP contribution in [-0.2, 0) is 14.3 Å². The van der Waals surface area contributed by atoms with Crippen molar-refractivity contribution in [1.29, 1.82) is 0 Å². The molecule has 0 aliphatic carbocycles. The highest BCUT2D eigenvalue weighted by Crippen LogP contribution is 2.22. The zero-order chi connectivity index (χ0) is 9.07. The van der Waals surface area contributed by atoms with Crippen LogP contribution in [0.4, 0.5) is 13.2 Å². The molecule has 3 nitrogen and oxygen atoms in total. The second-order valence-electron chi connectivity index (χ2n) is 1.65. The average molecular weight is 172 g/mol. The van der Waals surface area contributed by atoms with E-state index >= 15 is 0 Å². The van der Waals surface area contributed by atoms with Gasteiger partial charge in [-0.2, -0.15) is 8.78 Å². The summed E-state index contributed by atoms with van der Waals surface area (Å²) in [5.74, 6) is -1.66. The Morgan fingerprint density at radius 1 is 1.45 bits per heavy atom. The van der Waals surface area contributed by atoms with Crippen molar-refractivity contribution < 1.29 is 27.4 Å². The molecule has 0 aromatic rings. The maximum absolute atomic E-state index is 12.2. The number of methoxy groups -OCH3 is 2. The van der Waals surface area contributed by atoms with Crippen LogP contribution >= 0.6 is 0 Å². The lowest BCUT2D eigenvalue weighted by molar-refractivity contribution is -0.259. The zero-order valence-electron chi connectivity index (χ0n) is 5.94. The van der Waals surface area contributed by atoms with Crippen molar-refractivity contribution in [3.05, 3.63) is 0 Å². The van der Waals surface area contributed by atoms with Gasteiger partial charge in [0.2, 0.25) is 0 Å². The van der Waals surface area contributed by atoms with Gasteiger partial charge in [0.15, 0.2) is 0 Å². The van der Waals surface area contributed by atoms with Crippen molar-refractivity contribution in [2.75, 3.05) is 14.2 Å². The van der Waals surface area contributed by atoms with E-state index in [-0.39, 0.29) is 0 Å². The van der Waals surface area contributed by atoms with Crippen LogP contribution in [0.5, 0.6) is 0 Å². The van der Waals surface area contributed by atoms with Crippen molar-refractivity contribution in [3.8, 4) is 0 Å². The third-order valence-electron chi connectivity index (χ3n) is 0.975. The number of ether oxygens (including phenoxy) is 2. The van der Waals surface area contributed by atoms with Crippen LogP contribution < -0.4 is 0 Å². The Kier molecular flexibility index (Phi) is 3.31. The van der Waals surface area contributed by atoms with E-state index in [9.17, 15) is 18.0 Å². The first-order chi connectivity index (χ1) is 4.95. The molecular formula is C5H7F3O3. The van der Waals surface area contributed by atoms with Gasteiger partial charge in [0, 0.05) is 7.11 Å². The number of carbonyl (C=O) groups excluding carboxylic acids is 1. The minimum absolute atomic E-state index is 0.593. The number of alkyl halides is 3. The number of hydrogen-bond donors (Lipinski definition) is 0. The standard InChI is InChI=1S/C5H7F3O3/c1-10-4(9)3(6)5(7,8)11-2/h3H,1-2H3/t3-/m0/s1. The van der Waals surface area contributed by atoms with E-state index in [1.54, 1.807) is 0 Å². The van der Waals surface area contributed by atoms with Crippen molar-refractivity contribution in [2.45, 2.75) is 12.3 Å². The lowest BCUT2D eigenvalue weighted by atomic mass is 10.4. The summed E-state index contributed by atoms with van der Waals surface area (Å²) < 4.78 is 43.5. The SMILES string of the molecule is COC(=O)[C@H](F)C(F)(F)OC. The molecule has 66 valence electrons. The topological polar surface area (TPSA) is 35.5 Å². The maximum Gasteiger partial charge on any atom is 0.397 e. The summed E-state index contributed by atoms with van der Waals surface area (Å²) in [7, 11) is 1.40. The molecule has 0 radical (unpaired) electrons. The van der Waals surface area contributed by atoms with E-state index in [0.717, 1.165) is 7.11 Å². The number of halogens is 3. The largest absolute Gasteiger partial charge is 0.467 e. The third-order valence-corrected chi connectivity index (χ3v) is 0.975. The minimum atomic E-state index is -4.12. The molecule has 0 aromatic heterocycles. The fourth-order valence-electron chi connectivity index (χ4n) is 0.344. The fraction of sp³-hybridized carbons (Fsp3) is 0.800. The van der Waals surface area contributed by atoms with Crippen LogP contribution in [-0.4, -0.2) is 32.5 Å². The highest BCUT2D eigenvalue weighted by atomic mass is 19.3. The molecule has 6 heteroatoms. The smallest absolute Gasteiger partial charge is 0.397 e. The lowest BCUT2D eigenvalue weighted by Gasteiger charge is -2.15. The quantitative estimate of drug-likeness (QED) is 0.589. The molecule has 0 N–H and O–H groups in total. The van der Waals surface area contributed by atoms with Gasteiger partial charge in [0.05, 0.1) is 7.11 Å². The Morgan fingerprint density at radius 2 is 1.91 bits per heavy atom. The highest BCUT2D eigenvalue weighted by molar-refractivity contribution is 5.75. The van der Waals surface area contributed by atoms with Crippen molar-refractivity contribution in [2.24, 2.45) is 0 Å². The normalized spacial score (nSPS) is 14.3. The van der Waals surface area contributed by atoms with Crippen molar-refractivity contribution in [1.82, 2.24) is 0 Å². The van der Waals surface area contributed by atoms with Gasteiger partial charge < -0.3 is 9.47 Å². The maximum atomic E-state index is 12.2. The Hall–Kier alpha value is -0.780. The molecule has 0 heterocycles. The first kappa shape index (κ1) is 10.2. The molecule has 0 rings (SSSR count). The van der Waals surface area contributed by atoms with Gasteiger partial charge in [0.1, 0.15) is 0 Å². The summed E-state index contributed by atoms with van der Waals surface area (Å²) in [5.41, 5.74) is 0. The molecule has 0 aliphatic heterocycles. The first-order valence-electron chi connectivity index (χ1n) is 2.60. The van der Waals surface area contributed by atoms with E-state index in [1.165, 1.54) is 0 Å². The Balaban J connectivity index is 4.22. The monoisotopic (exact) mass is 172 g/mol. The van der Waals surface area contributed by atoms with Crippen molar-refractivity contribution in [3.63, 3.8) is 0 Å². The molecule has 0 unspecified atom stereocenters. The molecule has 0 amide bonds. The van der Waals surface area contributed by atoms with E-state index in [2.05, 4.69) is 9.47 Å². The number of rotatable bonds is 3. The van der Waals surface area contributed by atoms with Gasteiger partial charge in [-0.1, -0.05) is 0 Å². The molecule has 0 fully saturated rings. The summed E-state index contributed by atoms with van der Waals surface area (Å²) in [6.45, 7) is 0. The van der Waals surface area contributed by atoms with E-state index in [0.29, 0.717) is 7.11 Å². The third kappa shape index (κ3) is 2.38. The molecule has 0 bridgehead atoms. The predicted molar refractivity (Wildman–Crippen MR) is 28.9 cm³/mol. The van der Waals surface area contributed by atoms with Crippen LogP contribution in [0.3, 0.4) is 0 Å². The molecule has 0 saturated carbocycles. The molecule has 0 saturated heterocycles. The highest BCUT2D eigenvalue weighted by Gasteiger charge is 2.46. The fourth-order valence-corrected chi connectivity index (χ4v) is 0.344. The lowest BCUT2D eigenvalue weighted by Crippen LogP contribution is -2.38. The summed E-state index contributed by atoms with van der Waals surface area (Å²) in [4.78, 5) is 10.2. The van der Waals surface area contributed by atoms with Gasteiger partial charge in [-0.05, 0) is 0 Å². The van der Waals surface area contributed by atoms with Crippen LogP contribution in [0.25, 0.3) is 0 Å². The number of esters is 1. The second-order valence-corrected chi connectivity index (χ2v) is 1.65. The van der Waals surface area contributed by atoms with Crippen LogP contribution in [0.2, 0.25) is 0 Å². The molecule has 0 spiro atoms.